The minimum absolute atomic E-state index is 0.483. The molecule has 1 aromatic carbocycles. The molecule has 0 fully saturated rings. The van der Waals surface area contributed by atoms with Crippen LogP contribution in [0.4, 0.5) is 11.5 Å². The molecule has 4 heteroatoms. The number of hydrogen-bond donors (Lipinski definition) is 1. The van der Waals surface area contributed by atoms with E-state index in [2.05, 4.69) is 26.2 Å². The molecule has 16 heavy (non-hydrogen) atoms. The Morgan fingerprint density at radius 2 is 2.06 bits per heavy atom. The average Bonchev–Trinajstić information content (AvgIpc) is 2.24. The topological polar surface area (TPSA) is 24.9 Å². The number of hydrogen-bond acceptors (Lipinski definition) is 2. The van der Waals surface area contributed by atoms with Gasteiger partial charge < -0.3 is 5.32 Å². The second-order valence-electron chi connectivity index (χ2n) is 3.43. The maximum Gasteiger partial charge on any atom is 0.132 e. The SMILES string of the molecule is Cc1ccc(Nc2cccc(Cl)n2)cc1Br. The zero-order chi connectivity index (χ0) is 11.5. The van der Waals surface area contributed by atoms with E-state index in [1.165, 1.54) is 5.56 Å². The molecule has 2 aromatic rings. The predicted octanol–water partition coefficient (Wildman–Crippen LogP) is 4.55. The molecule has 0 saturated heterocycles. The summed E-state index contributed by atoms with van der Waals surface area (Å²) in [5, 5.41) is 3.67. The van der Waals surface area contributed by atoms with Gasteiger partial charge in [0.15, 0.2) is 0 Å². The molecule has 1 N–H and O–H groups in total. The highest BCUT2D eigenvalue weighted by molar-refractivity contribution is 9.10. The number of nitrogens with one attached hydrogen (secondary N) is 1. The maximum atomic E-state index is 5.81. The Balaban J connectivity index is 2.24. The lowest BCUT2D eigenvalue weighted by Gasteiger charge is -2.07. The molecular weight excluding hydrogens is 288 g/mol. The second-order valence-corrected chi connectivity index (χ2v) is 4.68. The number of aryl methyl sites for hydroxylation is 1. The van der Waals surface area contributed by atoms with E-state index in [4.69, 9.17) is 11.6 Å². The van der Waals surface area contributed by atoms with Crippen molar-refractivity contribution in [2.75, 3.05) is 5.32 Å². The van der Waals surface area contributed by atoms with Crippen LogP contribution in [0.3, 0.4) is 0 Å². The normalized spacial score (nSPS) is 10.2. The molecule has 1 aromatic heterocycles. The number of benzene rings is 1. The first kappa shape index (κ1) is 11.4. The van der Waals surface area contributed by atoms with Crippen molar-refractivity contribution in [2.24, 2.45) is 0 Å². The summed E-state index contributed by atoms with van der Waals surface area (Å²) in [6.07, 6.45) is 0. The molecule has 0 spiro atoms. The van der Waals surface area contributed by atoms with Gasteiger partial charge in [0.05, 0.1) is 0 Å². The molecule has 1 heterocycles. The van der Waals surface area contributed by atoms with Crippen LogP contribution in [0.1, 0.15) is 5.56 Å². The Hall–Kier alpha value is -1.06. The minimum Gasteiger partial charge on any atom is -0.340 e. The van der Waals surface area contributed by atoms with Crippen molar-refractivity contribution >= 4 is 39.0 Å². The lowest BCUT2D eigenvalue weighted by Crippen LogP contribution is -1.93. The Bertz CT molecular complexity index is 514. The fourth-order valence-corrected chi connectivity index (χ4v) is 1.84. The Morgan fingerprint density at radius 3 is 2.75 bits per heavy atom. The summed E-state index contributed by atoms with van der Waals surface area (Å²) in [4.78, 5) is 4.16. The summed E-state index contributed by atoms with van der Waals surface area (Å²) in [6, 6.07) is 11.5. The lowest BCUT2D eigenvalue weighted by molar-refractivity contribution is 1.30. The summed E-state index contributed by atoms with van der Waals surface area (Å²) in [5.41, 5.74) is 2.18. The van der Waals surface area contributed by atoms with Crippen molar-refractivity contribution in [1.29, 1.82) is 0 Å². The van der Waals surface area contributed by atoms with E-state index in [9.17, 15) is 0 Å². The van der Waals surface area contributed by atoms with Crippen molar-refractivity contribution in [3.05, 3.63) is 51.6 Å². The zero-order valence-electron chi connectivity index (χ0n) is 8.67. The standard InChI is InChI=1S/C12H10BrClN2/c1-8-5-6-9(7-10(8)13)15-12-4-2-3-11(14)16-12/h2-7H,1H3,(H,15,16). The van der Waals surface area contributed by atoms with Crippen molar-refractivity contribution in [1.82, 2.24) is 4.98 Å². The van der Waals surface area contributed by atoms with Gasteiger partial charge in [-0.15, -0.1) is 0 Å². The summed E-state index contributed by atoms with van der Waals surface area (Å²) in [6.45, 7) is 2.05. The molecular formula is C12H10BrClN2. The van der Waals surface area contributed by atoms with Crippen molar-refractivity contribution in [3.8, 4) is 0 Å². The molecule has 0 saturated carbocycles. The molecule has 2 rings (SSSR count). The highest BCUT2D eigenvalue weighted by atomic mass is 79.9. The number of rotatable bonds is 2. The minimum atomic E-state index is 0.483. The number of halogens is 2. The van der Waals surface area contributed by atoms with E-state index in [0.717, 1.165) is 16.0 Å². The largest absolute Gasteiger partial charge is 0.340 e. The summed E-state index contributed by atoms with van der Waals surface area (Å²) < 4.78 is 1.07. The van der Waals surface area contributed by atoms with Gasteiger partial charge in [0, 0.05) is 10.2 Å². The van der Waals surface area contributed by atoms with Gasteiger partial charge in [0.2, 0.25) is 0 Å². The van der Waals surface area contributed by atoms with Crippen LogP contribution in [0.25, 0.3) is 0 Å². The van der Waals surface area contributed by atoms with Gasteiger partial charge in [-0.2, -0.15) is 0 Å². The molecule has 0 aliphatic rings. The van der Waals surface area contributed by atoms with Gasteiger partial charge in [0.1, 0.15) is 11.0 Å². The summed E-state index contributed by atoms with van der Waals surface area (Å²) >= 11 is 9.29. The fraction of sp³-hybridized carbons (Fsp3) is 0.0833. The fourth-order valence-electron chi connectivity index (χ4n) is 1.30. The molecule has 0 amide bonds. The highest BCUT2D eigenvalue weighted by Gasteiger charge is 1.99. The number of pyridine rings is 1. The Morgan fingerprint density at radius 1 is 1.25 bits per heavy atom. The molecule has 0 bridgehead atoms. The quantitative estimate of drug-likeness (QED) is 0.823. The van der Waals surface area contributed by atoms with E-state index in [1.54, 1.807) is 6.07 Å². The lowest BCUT2D eigenvalue weighted by atomic mass is 10.2. The Kier molecular flexibility index (Phi) is 3.46. The van der Waals surface area contributed by atoms with E-state index >= 15 is 0 Å². The first-order valence-electron chi connectivity index (χ1n) is 4.81. The van der Waals surface area contributed by atoms with Gasteiger partial charge in [-0.05, 0) is 36.8 Å². The van der Waals surface area contributed by atoms with Crippen LogP contribution in [0, 0.1) is 6.92 Å². The molecule has 0 aliphatic heterocycles. The van der Waals surface area contributed by atoms with Crippen LogP contribution in [-0.4, -0.2) is 4.98 Å². The van der Waals surface area contributed by atoms with E-state index in [0.29, 0.717) is 5.15 Å². The van der Waals surface area contributed by atoms with Crippen LogP contribution < -0.4 is 5.32 Å². The number of nitrogens with zero attached hydrogens (tertiary/aromatic N) is 1. The van der Waals surface area contributed by atoms with Crippen LogP contribution in [0.15, 0.2) is 40.9 Å². The second kappa shape index (κ2) is 4.85. The predicted molar refractivity (Wildman–Crippen MR) is 71.4 cm³/mol. The molecule has 0 aliphatic carbocycles. The monoisotopic (exact) mass is 296 g/mol. The van der Waals surface area contributed by atoms with Gasteiger partial charge in [-0.3, -0.25) is 0 Å². The first-order chi connectivity index (χ1) is 7.65. The van der Waals surface area contributed by atoms with Crippen LogP contribution in [0.5, 0.6) is 0 Å². The van der Waals surface area contributed by atoms with Crippen molar-refractivity contribution in [2.45, 2.75) is 6.92 Å². The average molecular weight is 298 g/mol. The third-order valence-electron chi connectivity index (χ3n) is 2.16. The van der Waals surface area contributed by atoms with Gasteiger partial charge in [-0.1, -0.05) is 39.7 Å². The molecule has 2 nitrogen and oxygen atoms in total. The smallest absolute Gasteiger partial charge is 0.132 e. The van der Waals surface area contributed by atoms with Crippen LogP contribution >= 0.6 is 27.5 Å². The molecule has 0 atom stereocenters. The Labute approximate surface area is 108 Å². The highest BCUT2D eigenvalue weighted by Crippen LogP contribution is 2.23. The third-order valence-corrected chi connectivity index (χ3v) is 3.22. The zero-order valence-corrected chi connectivity index (χ0v) is 11.0. The van der Waals surface area contributed by atoms with E-state index in [1.807, 2.05) is 37.3 Å². The van der Waals surface area contributed by atoms with Gasteiger partial charge in [-0.25, -0.2) is 4.98 Å². The van der Waals surface area contributed by atoms with Gasteiger partial charge >= 0.3 is 0 Å². The molecule has 0 unspecified atom stereocenters. The summed E-state index contributed by atoms with van der Waals surface area (Å²) in [5.74, 6) is 0.739. The third kappa shape index (κ3) is 2.74. The number of aromatic nitrogens is 1. The molecule has 0 radical (unpaired) electrons. The van der Waals surface area contributed by atoms with Crippen molar-refractivity contribution < 1.29 is 0 Å². The van der Waals surface area contributed by atoms with Crippen molar-refractivity contribution in [3.63, 3.8) is 0 Å². The van der Waals surface area contributed by atoms with E-state index < -0.39 is 0 Å². The van der Waals surface area contributed by atoms with Crippen LogP contribution in [-0.2, 0) is 0 Å². The number of anilines is 2. The molecule has 82 valence electrons. The van der Waals surface area contributed by atoms with Gasteiger partial charge in [0.25, 0.3) is 0 Å². The van der Waals surface area contributed by atoms with Crippen LogP contribution in [0.2, 0.25) is 5.15 Å². The first-order valence-corrected chi connectivity index (χ1v) is 5.98. The maximum absolute atomic E-state index is 5.81. The van der Waals surface area contributed by atoms with E-state index in [-0.39, 0.29) is 0 Å². The summed E-state index contributed by atoms with van der Waals surface area (Å²) in [7, 11) is 0.